The molecule has 7 heteroatoms. The van der Waals surface area contributed by atoms with Crippen LogP contribution in [0.25, 0.3) is 16.1 Å². The molecule has 1 aromatic carbocycles. The fourth-order valence-electron chi connectivity index (χ4n) is 3.11. The predicted molar refractivity (Wildman–Crippen MR) is 93.3 cm³/mol. The first-order chi connectivity index (χ1) is 12.3. The summed E-state index contributed by atoms with van der Waals surface area (Å²) in [4.78, 5) is 15.6. The summed E-state index contributed by atoms with van der Waals surface area (Å²) >= 11 is 0. The van der Waals surface area contributed by atoms with Crippen LogP contribution >= 0.6 is 0 Å². The topological polar surface area (TPSA) is 38.7 Å². The molecule has 0 bridgehead atoms. The summed E-state index contributed by atoms with van der Waals surface area (Å²) in [5.41, 5.74) is -2.00. The Morgan fingerprint density at radius 2 is 1.96 bits per heavy atom. The zero-order chi connectivity index (χ0) is 18.9. The summed E-state index contributed by atoms with van der Waals surface area (Å²) in [7, 11) is 0. The minimum Gasteiger partial charge on any atom is -0.281 e. The van der Waals surface area contributed by atoms with Gasteiger partial charge in [-0.2, -0.15) is 18.3 Å². The lowest BCUT2D eigenvalue weighted by Gasteiger charge is -2.16. The van der Waals surface area contributed by atoms with Gasteiger partial charge in [-0.05, 0) is 31.2 Å². The smallest absolute Gasteiger partial charge is 0.281 e. The highest BCUT2D eigenvalue weighted by molar-refractivity contribution is 5.88. The van der Waals surface area contributed by atoms with Crippen LogP contribution in [0.3, 0.4) is 0 Å². The van der Waals surface area contributed by atoms with Gasteiger partial charge in [0, 0.05) is 11.3 Å². The van der Waals surface area contributed by atoms with Crippen LogP contribution in [0.1, 0.15) is 31.7 Å². The van der Waals surface area contributed by atoms with Crippen molar-refractivity contribution in [1.29, 1.82) is 0 Å². The molecule has 1 fully saturated rings. The summed E-state index contributed by atoms with van der Waals surface area (Å²) in [5.74, 6) is 0.157. The van der Waals surface area contributed by atoms with Crippen LogP contribution in [0.5, 0.6) is 0 Å². The SMILES string of the molecule is [C-]#[N+]c1c(C(F)(F)F)cc(-c2ccccc2)n(/N=C2\CCCC2C)c1=O. The van der Waals surface area contributed by atoms with E-state index in [1.165, 1.54) is 0 Å². The first-order valence-electron chi connectivity index (χ1n) is 8.20. The van der Waals surface area contributed by atoms with E-state index in [4.69, 9.17) is 6.57 Å². The van der Waals surface area contributed by atoms with E-state index in [-0.39, 0.29) is 11.6 Å². The molecular formula is C19H16F3N3O. The van der Waals surface area contributed by atoms with E-state index in [0.717, 1.165) is 29.3 Å². The third kappa shape index (κ3) is 3.27. The fraction of sp³-hybridized carbons (Fsp3) is 0.316. The number of hydrogen-bond acceptors (Lipinski definition) is 2. The maximum atomic E-state index is 13.4. The highest BCUT2D eigenvalue weighted by Crippen LogP contribution is 2.37. The highest BCUT2D eigenvalue weighted by Gasteiger charge is 2.36. The minimum atomic E-state index is -4.80. The van der Waals surface area contributed by atoms with Gasteiger partial charge in [-0.3, -0.25) is 4.79 Å². The first-order valence-corrected chi connectivity index (χ1v) is 8.20. The van der Waals surface area contributed by atoms with E-state index in [0.29, 0.717) is 12.0 Å². The van der Waals surface area contributed by atoms with Gasteiger partial charge in [0.05, 0.1) is 17.8 Å². The summed E-state index contributed by atoms with van der Waals surface area (Å²) in [6.07, 6.45) is -2.26. The molecule has 1 aromatic heterocycles. The number of benzene rings is 1. The third-order valence-electron chi connectivity index (χ3n) is 4.51. The predicted octanol–water partition coefficient (Wildman–Crippen LogP) is 5.11. The number of hydrogen-bond donors (Lipinski definition) is 0. The van der Waals surface area contributed by atoms with Crippen molar-refractivity contribution in [2.24, 2.45) is 11.0 Å². The molecule has 0 spiro atoms. The van der Waals surface area contributed by atoms with Gasteiger partial charge in [-0.15, -0.1) is 0 Å². The van der Waals surface area contributed by atoms with Gasteiger partial charge in [0.2, 0.25) is 0 Å². The summed E-state index contributed by atoms with van der Waals surface area (Å²) < 4.78 is 41.1. The number of rotatable bonds is 2. The molecule has 1 unspecified atom stereocenters. The van der Waals surface area contributed by atoms with Gasteiger partial charge in [-0.25, -0.2) is 9.52 Å². The average Bonchev–Trinajstić information content (AvgIpc) is 3.01. The quantitative estimate of drug-likeness (QED) is 0.687. The second-order valence-corrected chi connectivity index (χ2v) is 6.27. The monoisotopic (exact) mass is 359 g/mol. The Kier molecular flexibility index (Phi) is 4.68. The Hall–Kier alpha value is -2.88. The Morgan fingerprint density at radius 3 is 2.50 bits per heavy atom. The maximum absolute atomic E-state index is 13.4. The number of pyridine rings is 1. The summed E-state index contributed by atoms with van der Waals surface area (Å²) in [6, 6.07) is 9.14. The highest BCUT2D eigenvalue weighted by atomic mass is 19.4. The van der Waals surface area contributed by atoms with E-state index in [2.05, 4.69) is 9.95 Å². The molecule has 0 saturated heterocycles. The Morgan fingerprint density at radius 1 is 1.27 bits per heavy atom. The van der Waals surface area contributed by atoms with Crippen molar-refractivity contribution >= 4 is 11.4 Å². The lowest BCUT2D eigenvalue weighted by atomic mass is 10.1. The van der Waals surface area contributed by atoms with Crippen molar-refractivity contribution in [3.8, 4) is 11.3 Å². The molecule has 3 rings (SSSR count). The van der Waals surface area contributed by atoms with E-state index >= 15 is 0 Å². The second kappa shape index (κ2) is 6.79. The molecule has 0 amide bonds. The van der Waals surface area contributed by atoms with E-state index in [1.54, 1.807) is 30.3 Å². The van der Waals surface area contributed by atoms with Crippen LogP contribution in [0.4, 0.5) is 18.9 Å². The van der Waals surface area contributed by atoms with Crippen LogP contribution < -0.4 is 5.56 Å². The number of halogens is 3. The zero-order valence-corrected chi connectivity index (χ0v) is 14.0. The lowest BCUT2D eigenvalue weighted by Crippen LogP contribution is -2.23. The van der Waals surface area contributed by atoms with Gasteiger partial charge < -0.3 is 0 Å². The average molecular weight is 359 g/mol. The normalized spacial score (nSPS) is 18.9. The van der Waals surface area contributed by atoms with Crippen molar-refractivity contribution in [3.63, 3.8) is 0 Å². The zero-order valence-electron chi connectivity index (χ0n) is 14.0. The van der Waals surface area contributed by atoms with Gasteiger partial charge >= 0.3 is 6.18 Å². The molecule has 1 atom stereocenters. The summed E-state index contributed by atoms with van der Waals surface area (Å²) in [6.45, 7) is 9.04. The lowest BCUT2D eigenvalue weighted by molar-refractivity contribution is -0.136. The van der Waals surface area contributed by atoms with Crippen molar-refractivity contribution in [2.45, 2.75) is 32.4 Å². The Bertz CT molecular complexity index is 953. The molecule has 1 aliphatic rings. The molecule has 134 valence electrons. The molecule has 1 aliphatic carbocycles. The molecule has 0 aliphatic heterocycles. The van der Waals surface area contributed by atoms with E-state index < -0.39 is 23.0 Å². The third-order valence-corrected chi connectivity index (χ3v) is 4.51. The van der Waals surface area contributed by atoms with Crippen molar-refractivity contribution in [3.05, 3.63) is 63.7 Å². The first kappa shape index (κ1) is 17.9. The van der Waals surface area contributed by atoms with E-state index in [1.807, 2.05) is 6.92 Å². The number of alkyl halides is 3. The molecule has 1 saturated carbocycles. The fourth-order valence-corrected chi connectivity index (χ4v) is 3.11. The standard InChI is InChI=1S/C19H16F3N3O/c1-12-7-6-10-15(12)24-25-16(13-8-4-3-5-9-13)11-14(19(20,21)22)17(23-2)18(25)26/h3-5,8-9,11-12H,6-7,10H2,1H3/b24-15+. The van der Waals surface area contributed by atoms with Gasteiger partial charge in [0.25, 0.3) is 11.2 Å². The van der Waals surface area contributed by atoms with Crippen LogP contribution in [0.15, 0.2) is 46.3 Å². The Labute approximate surface area is 148 Å². The molecule has 1 heterocycles. The maximum Gasteiger partial charge on any atom is 0.407 e. The Balaban J connectivity index is 2.35. The van der Waals surface area contributed by atoms with Crippen LogP contribution in [-0.2, 0) is 6.18 Å². The van der Waals surface area contributed by atoms with Crippen molar-refractivity contribution < 1.29 is 13.2 Å². The van der Waals surface area contributed by atoms with Crippen LogP contribution in [-0.4, -0.2) is 10.4 Å². The largest absolute Gasteiger partial charge is 0.407 e. The van der Waals surface area contributed by atoms with Crippen LogP contribution in [0, 0.1) is 12.5 Å². The molecular weight excluding hydrogens is 343 g/mol. The molecule has 26 heavy (non-hydrogen) atoms. The van der Waals surface area contributed by atoms with Crippen LogP contribution in [0.2, 0.25) is 0 Å². The molecule has 4 nitrogen and oxygen atoms in total. The molecule has 0 radical (unpaired) electrons. The van der Waals surface area contributed by atoms with Gasteiger partial charge in [0.1, 0.15) is 0 Å². The molecule has 0 N–H and O–H groups in total. The van der Waals surface area contributed by atoms with E-state index in [9.17, 15) is 18.0 Å². The number of aromatic nitrogens is 1. The van der Waals surface area contributed by atoms with Crippen molar-refractivity contribution in [2.75, 3.05) is 0 Å². The van der Waals surface area contributed by atoms with Crippen molar-refractivity contribution in [1.82, 2.24) is 4.68 Å². The van der Waals surface area contributed by atoms with Gasteiger partial charge in [0.15, 0.2) is 0 Å². The summed E-state index contributed by atoms with van der Waals surface area (Å²) in [5, 5.41) is 4.36. The molecule has 2 aromatic rings. The number of nitrogens with zero attached hydrogens (tertiary/aromatic N) is 3. The van der Waals surface area contributed by atoms with Gasteiger partial charge in [-0.1, -0.05) is 37.3 Å². The second-order valence-electron chi connectivity index (χ2n) is 6.27. The minimum absolute atomic E-state index is 0.0296.